The summed E-state index contributed by atoms with van der Waals surface area (Å²) < 4.78 is 5.77. The molecule has 0 spiro atoms. The Morgan fingerprint density at radius 2 is 1.96 bits per heavy atom. The summed E-state index contributed by atoms with van der Waals surface area (Å²) in [6.07, 6.45) is 7.98. The maximum Gasteiger partial charge on any atom is 0.302 e. The molecule has 3 nitrogen and oxygen atoms in total. The van der Waals surface area contributed by atoms with Crippen LogP contribution < -0.4 is 0 Å². The van der Waals surface area contributed by atoms with Gasteiger partial charge in [-0.2, -0.15) is 0 Å². The molecule has 3 heteroatoms. The van der Waals surface area contributed by atoms with Gasteiger partial charge < -0.3 is 4.74 Å². The van der Waals surface area contributed by atoms with Crippen molar-refractivity contribution < 1.29 is 14.3 Å². The molecule has 4 aliphatic carbocycles. The van der Waals surface area contributed by atoms with Crippen LogP contribution in [0.4, 0.5) is 0 Å². The number of esters is 1. The summed E-state index contributed by atoms with van der Waals surface area (Å²) in [4.78, 5) is 24.9. The molecular weight excluding hydrogens is 312 g/mol. The molecule has 0 aromatic rings. The van der Waals surface area contributed by atoms with Crippen LogP contribution in [-0.2, 0) is 14.3 Å². The van der Waals surface area contributed by atoms with Gasteiger partial charge in [-0.1, -0.05) is 38.5 Å². The minimum absolute atomic E-state index is 0.0109. The molecule has 0 aromatic carbocycles. The Morgan fingerprint density at radius 1 is 1.24 bits per heavy atom. The molecule has 0 N–H and O–H groups in total. The highest BCUT2D eigenvalue weighted by atomic mass is 16.5. The van der Waals surface area contributed by atoms with Gasteiger partial charge in [0.05, 0.1) is 0 Å². The second-order valence-corrected chi connectivity index (χ2v) is 9.40. The van der Waals surface area contributed by atoms with E-state index in [0.29, 0.717) is 24.0 Å². The summed E-state index contributed by atoms with van der Waals surface area (Å²) in [5, 5.41) is 0. The fourth-order valence-electron chi connectivity index (χ4n) is 7.03. The van der Waals surface area contributed by atoms with Gasteiger partial charge in [0.1, 0.15) is 11.9 Å². The number of hydrogen-bond acceptors (Lipinski definition) is 3. The quantitative estimate of drug-likeness (QED) is 0.660. The van der Waals surface area contributed by atoms with Gasteiger partial charge in [-0.15, -0.1) is 0 Å². The Hall–Kier alpha value is -1.38. The van der Waals surface area contributed by atoms with Crippen LogP contribution in [0.25, 0.3) is 0 Å². The van der Waals surface area contributed by atoms with Crippen molar-refractivity contribution in [3.63, 3.8) is 0 Å². The van der Waals surface area contributed by atoms with E-state index in [1.165, 1.54) is 18.1 Å². The monoisotopic (exact) mass is 342 g/mol. The molecule has 0 aromatic heterocycles. The molecule has 2 fully saturated rings. The fourth-order valence-corrected chi connectivity index (χ4v) is 7.03. The van der Waals surface area contributed by atoms with E-state index in [0.717, 1.165) is 19.3 Å². The van der Waals surface area contributed by atoms with Crippen molar-refractivity contribution in [1.29, 1.82) is 0 Å². The first-order valence-electron chi connectivity index (χ1n) is 9.77. The van der Waals surface area contributed by atoms with Crippen molar-refractivity contribution in [3.8, 4) is 0 Å². The molecule has 0 saturated heterocycles. The standard InChI is InChI=1S/C22H30O3/c1-12-6-7-16-13(2)10-18(25-14(3)23)17-11-19(24)21(4)9-8-15(12)20(21)22(16,17)5/h6,8,13,16-18,20H,7,9-11H2,1-5H3. The molecule has 0 amide bonds. The average Bonchev–Trinajstić information content (AvgIpc) is 2.83. The molecular formula is C22H30O3. The smallest absolute Gasteiger partial charge is 0.302 e. The number of ketones is 1. The first-order chi connectivity index (χ1) is 11.7. The van der Waals surface area contributed by atoms with E-state index in [4.69, 9.17) is 4.74 Å². The lowest BCUT2D eigenvalue weighted by atomic mass is 9.42. The Morgan fingerprint density at radius 3 is 2.64 bits per heavy atom. The van der Waals surface area contributed by atoms with E-state index in [-0.39, 0.29) is 34.7 Å². The van der Waals surface area contributed by atoms with E-state index in [2.05, 4.69) is 39.8 Å². The third-order valence-corrected chi connectivity index (χ3v) is 8.15. The second kappa shape index (κ2) is 5.31. The van der Waals surface area contributed by atoms with Crippen LogP contribution in [0.3, 0.4) is 0 Å². The van der Waals surface area contributed by atoms with Gasteiger partial charge >= 0.3 is 5.97 Å². The normalized spacial score (nSPS) is 48.2. The van der Waals surface area contributed by atoms with Crippen LogP contribution in [0.2, 0.25) is 0 Å². The predicted molar refractivity (Wildman–Crippen MR) is 96.7 cm³/mol. The van der Waals surface area contributed by atoms with Crippen molar-refractivity contribution >= 4 is 11.8 Å². The summed E-state index contributed by atoms with van der Waals surface area (Å²) in [6, 6.07) is 0. The second-order valence-electron chi connectivity index (χ2n) is 9.40. The molecule has 0 radical (unpaired) electrons. The summed E-state index contributed by atoms with van der Waals surface area (Å²) in [5.41, 5.74) is 2.47. The van der Waals surface area contributed by atoms with Gasteiger partial charge in [0.2, 0.25) is 0 Å². The SMILES string of the molecule is CC(=O)OC1CC(C)C2CC=C(C)C3=CCC4(C)C(=O)CC1C2(C)C34. The Kier molecular flexibility index (Phi) is 3.62. The van der Waals surface area contributed by atoms with Crippen molar-refractivity contribution in [2.24, 2.45) is 34.5 Å². The topological polar surface area (TPSA) is 43.4 Å². The van der Waals surface area contributed by atoms with Crippen LogP contribution >= 0.6 is 0 Å². The van der Waals surface area contributed by atoms with Gasteiger partial charge in [-0.3, -0.25) is 9.59 Å². The van der Waals surface area contributed by atoms with Crippen molar-refractivity contribution in [3.05, 3.63) is 23.3 Å². The lowest BCUT2D eigenvalue weighted by molar-refractivity contribution is -0.188. The number of ether oxygens (including phenoxy) is 1. The summed E-state index contributed by atoms with van der Waals surface area (Å²) in [5.74, 6) is 1.59. The Balaban J connectivity index is 1.88. The van der Waals surface area contributed by atoms with Crippen LogP contribution in [0, 0.1) is 34.5 Å². The first-order valence-corrected chi connectivity index (χ1v) is 9.77. The molecule has 136 valence electrons. The van der Waals surface area contributed by atoms with E-state index >= 15 is 0 Å². The number of rotatable bonds is 1. The Bertz CT molecular complexity index is 702. The van der Waals surface area contributed by atoms with E-state index in [9.17, 15) is 9.59 Å². The maximum atomic E-state index is 13.2. The van der Waals surface area contributed by atoms with Crippen LogP contribution in [0.15, 0.2) is 23.3 Å². The zero-order valence-electron chi connectivity index (χ0n) is 16.1. The first kappa shape index (κ1) is 17.1. The molecule has 4 rings (SSSR count). The molecule has 4 aliphatic rings. The number of carbonyl (C=O) groups is 2. The highest BCUT2D eigenvalue weighted by Gasteiger charge is 2.67. The number of Topliss-reactive ketones (excluding diaryl/α,β-unsaturated/α-hetero) is 1. The fraction of sp³-hybridized carbons (Fsp3) is 0.727. The van der Waals surface area contributed by atoms with E-state index in [1.807, 2.05) is 0 Å². The van der Waals surface area contributed by atoms with Crippen LogP contribution in [0.1, 0.15) is 60.3 Å². The minimum atomic E-state index is -0.282. The van der Waals surface area contributed by atoms with Crippen molar-refractivity contribution in [2.75, 3.05) is 0 Å². The van der Waals surface area contributed by atoms with Gasteiger partial charge in [0.15, 0.2) is 0 Å². The molecule has 0 bridgehead atoms. The molecule has 2 saturated carbocycles. The van der Waals surface area contributed by atoms with Gasteiger partial charge in [0.25, 0.3) is 0 Å². The van der Waals surface area contributed by atoms with Gasteiger partial charge in [0, 0.05) is 30.6 Å². The number of hydrogen-bond donors (Lipinski definition) is 0. The predicted octanol–water partition coefficient (Wildman–Crippen LogP) is 4.47. The number of allylic oxidation sites excluding steroid dienone is 4. The van der Waals surface area contributed by atoms with Crippen LogP contribution in [0.5, 0.6) is 0 Å². The molecule has 7 unspecified atom stereocenters. The van der Waals surface area contributed by atoms with Crippen molar-refractivity contribution in [2.45, 2.75) is 66.4 Å². The Labute approximate surface area is 150 Å². The van der Waals surface area contributed by atoms with Crippen LogP contribution in [-0.4, -0.2) is 17.9 Å². The van der Waals surface area contributed by atoms with Gasteiger partial charge in [-0.25, -0.2) is 0 Å². The zero-order chi connectivity index (χ0) is 18.1. The lowest BCUT2D eigenvalue weighted by Crippen LogP contribution is -2.62. The highest BCUT2D eigenvalue weighted by Crippen LogP contribution is 2.69. The molecule has 0 aliphatic heterocycles. The lowest BCUT2D eigenvalue weighted by Gasteiger charge is -2.61. The average molecular weight is 342 g/mol. The van der Waals surface area contributed by atoms with E-state index in [1.54, 1.807) is 0 Å². The summed E-state index contributed by atoms with van der Waals surface area (Å²) in [7, 11) is 0. The third-order valence-electron chi connectivity index (χ3n) is 8.15. The largest absolute Gasteiger partial charge is 0.462 e. The minimum Gasteiger partial charge on any atom is -0.462 e. The molecule has 25 heavy (non-hydrogen) atoms. The van der Waals surface area contributed by atoms with E-state index < -0.39 is 0 Å². The molecule has 0 heterocycles. The third kappa shape index (κ3) is 2.10. The van der Waals surface area contributed by atoms with Crippen molar-refractivity contribution in [1.82, 2.24) is 0 Å². The summed E-state index contributed by atoms with van der Waals surface area (Å²) in [6.45, 7) is 10.6. The highest BCUT2D eigenvalue weighted by molar-refractivity contribution is 5.88. The number of carbonyl (C=O) groups excluding carboxylic acids is 2. The summed E-state index contributed by atoms with van der Waals surface area (Å²) >= 11 is 0. The zero-order valence-corrected chi connectivity index (χ0v) is 16.1. The molecule has 7 atom stereocenters. The van der Waals surface area contributed by atoms with Gasteiger partial charge in [-0.05, 0) is 49.0 Å². The maximum absolute atomic E-state index is 13.2.